The van der Waals surface area contributed by atoms with Crippen LogP contribution < -0.4 is 16.6 Å². The predicted molar refractivity (Wildman–Crippen MR) is 182 cm³/mol. The van der Waals surface area contributed by atoms with Gasteiger partial charge in [-0.3, -0.25) is 14.3 Å². The first-order valence-electron chi connectivity index (χ1n) is 16.1. The highest BCUT2D eigenvalue weighted by atomic mass is 28.5. The van der Waals surface area contributed by atoms with E-state index in [4.69, 9.17) is 28.4 Å². The van der Waals surface area contributed by atoms with Crippen molar-refractivity contribution in [1.29, 1.82) is 0 Å². The third-order valence-corrected chi connectivity index (χ3v) is 19.7. The van der Waals surface area contributed by atoms with Crippen LogP contribution >= 0.6 is 0 Å². The summed E-state index contributed by atoms with van der Waals surface area (Å²) in [5.41, 5.74) is 7.83. The first-order valence-corrected chi connectivity index (χ1v) is 20.0. The quantitative estimate of drug-likeness (QED) is 0.183. The molecule has 0 spiro atoms. The predicted octanol–water partition coefficient (Wildman–Crippen LogP) is 6.84. The molecule has 2 aromatic heterocycles. The Morgan fingerprint density at radius 2 is 1.58 bits per heavy atom. The zero-order valence-corrected chi connectivity index (χ0v) is 29.5. The number of benzene rings is 2. The molecule has 2 aliphatic rings. The van der Waals surface area contributed by atoms with Crippen molar-refractivity contribution < 1.29 is 17.7 Å². The van der Waals surface area contributed by atoms with E-state index in [1.165, 1.54) is 0 Å². The van der Waals surface area contributed by atoms with Gasteiger partial charge in [0.2, 0.25) is 11.9 Å². The maximum atomic E-state index is 13.0. The molecule has 45 heavy (non-hydrogen) atoms. The summed E-state index contributed by atoms with van der Waals surface area (Å²) in [6.07, 6.45) is -0.639. The van der Waals surface area contributed by atoms with E-state index in [0.29, 0.717) is 24.6 Å². The molecule has 0 unspecified atom stereocenters. The molecule has 4 heterocycles. The smallest absolute Gasteiger partial charge is 0.335 e. The average molecular weight is 651 g/mol. The Hall–Kier alpha value is -3.08. The summed E-state index contributed by atoms with van der Waals surface area (Å²) >= 11 is 0. The van der Waals surface area contributed by atoms with Crippen molar-refractivity contribution in [2.24, 2.45) is 0 Å². The summed E-state index contributed by atoms with van der Waals surface area (Å²) in [6, 6.07) is 14.2. The second-order valence-electron chi connectivity index (χ2n) is 13.6. The maximum Gasteiger partial charge on any atom is 0.335 e. The monoisotopic (exact) mass is 650 g/mol. The number of fused-ring (bicyclic) bond motifs is 3. The number of hydrogen-bond donors (Lipinski definition) is 3. The third kappa shape index (κ3) is 5.53. The van der Waals surface area contributed by atoms with Crippen molar-refractivity contribution >= 4 is 56.6 Å². The van der Waals surface area contributed by atoms with Crippen molar-refractivity contribution in [3.8, 4) is 0 Å². The molecule has 11 nitrogen and oxygen atoms in total. The fraction of sp³-hybridized carbons (Fsp3) is 0.531. The molecular formula is C32H46N6O5Si2. The van der Waals surface area contributed by atoms with Crippen molar-refractivity contribution in [2.45, 2.75) is 102 Å². The zero-order chi connectivity index (χ0) is 32.3. The SMILES string of the molecule is CC(C)[Si]1(C(C)C)OC[C@H]2O[C@@H](n3c(Nc4ccc5ccccc5c4)nc4c(=O)[nH]c(N)nc43)C[C@@H]2O[Si](C(C)C)(C(C)C)O1. The lowest BCUT2D eigenvalue weighted by Gasteiger charge is -2.51. The van der Waals surface area contributed by atoms with E-state index < -0.39 is 28.9 Å². The number of hydrogen-bond acceptors (Lipinski definition) is 9. The Morgan fingerprint density at radius 1 is 0.911 bits per heavy atom. The number of nitrogens with zero attached hydrogens (tertiary/aromatic N) is 3. The molecular weight excluding hydrogens is 605 g/mol. The van der Waals surface area contributed by atoms with Gasteiger partial charge in [-0.25, -0.2) is 4.98 Å². The largest absolute Gasteiger partial charge is 0.414 e. The normalized spacial score (nSPS) is 23.2. The molecule has 6 rings (SSSR count). The van der Waals surface area contributed by atoms with Gasteiger partial charge in [-0.2, -0.15) is 4.98 Å². The van der Waals surface area contributed by atoms with Crippen molar-refractivity contribution in [3.05, 3.63) is 52.8 Å². The molecule has 2 fully saturated rings. The molecule has 2 aromatic carbocycles. The molecule has 2 saturated heterocycles. The minimum atomic E-state index is -2.83. The van der Waals surface area contributed by atoms with Crippen LogP contribution in [0.25, 0.3) is 21.9 Å². The van der Waals surface area contributed by atoms with Gasteiger partial charge in [-0.1, -0.05) is 85.7 Å². The molecule has 4 N–H and O–H groups in total. The van der Waals surface area contributed by atoms with Crippen LogP contribution in [0.3, 0.4) is 0 Å². The number of anilines is 3. The Balaban J connectivity index is 1.43. The van der Waals surface area contributed by atoms with Crippen molar-refractivity contribution in [3.63, 3.8) is 0 Å². The Kier molecular flexibility index (Phi) is 8.46. The van der Waals surface area contributed by atoms with Gasteiger partial charge >= 0.3 is 17.1 Å². The van der Waals surface area contributed by atoms with Gasteiger partial charge in [-0.05, 0) is 45.1 Å². The molecule has 0 saturated carbocycles. The van der Waals surface area contributed by atoms with Crippen LogP contribution in [0.4, 0.5) is 17.6 Å². The number of aromatic amines is 1. The highest BCUT2D eigenvalue weighted by Gasteiger charge is 2.60. The minimum absolute atomic E-state index is 0.0126. The van der Waals surface area contributed by atoms with E-state index in [2.05, 4.69) is 88.9 Å². The average Bonchev–Trinajstić information content (AvgIpc) is 3.52. The lowest BCUT2D eigenvalue weighted by molar-refractivity contribution is -0.0539. The van der Waals surface area contributed by atoms with Crippen LogP contribution in [0.15, 0.2) is 47.3 Å². The molecule has 0 bridgehead atoms. The first kappa shape index (κ1) is 31.9. The number of ether oxygens (including phenoxy) is 1. The van der Waals surface area contributed by atoms with Crippen molar-refractivity contribution in [1.82, 2.24) is 19.5 Å². The summed E-state index contributed by atoms with van der Waals surface area (Å²) in [6.45, 7) is 18.0. The van der Waals surface area contributed by atoms with Crippen LogP contribution in [0.5, 0.6) is 0 Å². The number of rotatable bonds is 7. The fourth-order valence-corrected chi connectivity index (χ4v) is 18.3. The Bertz CT molecular complexity index is 1740. The molecule has 3 atom stereocenters. The molecule has 4 aromatic rings. The van der Waals surface area contributed by atoms with E-state index in [1.807, 2.05) is 28.8 Å². The topological polar surface area (TPSA) is 139 Å². The molecule has 0 radical (unpaired) electrons. The van der Waals surface area contributed by atoms with Gasteiger partial charge in [0, 0.05) is 12.1 Å². The second-order valence-corrected chi connectivity index (χ2v) is 22.5. The number of H-pyrrole nitrogens is 1. The van der Waals surface area contributed by atoms with Crippen LogP contribution in [-0.4, -0.2) is 55.5 Å². The van der Waals surface area contributed by atoms with Gasteiger partial charge in [-0.15, -0.1) is 0 Å². The van der Waals surface area contributed by atoms with Crippen molar-refractivity contribution in [2.75, 3.05) is 17.7 Å². The molecule has 0 amide bonds. The standard InChI is InChI=1S/C32H46N6O5Si2/c1-18(2)44(19(3)4)40-17-26-25(42-45(43-44,20(5)6)21(7)8)16-27(41-26)38-29-28(30(39)37-31(33)36-29)35-32(38)34-24-14-13-22-11-9-10-12-23(22)15-24/h9-15,18-21,25-27H,16-17H2,1-8H3,(H,34,35)(H3,33,36,37,39)/t25-,26+,27+/m0/s1. The number of nitrogen functional groups attached to an aromatic ring is 1. The fourth-order valence-electron chi connectivity index (χ4n) is 7.05. The lowest BCUT2D eigenvalue weighted by Crippen LogP contribution is -2.65. The second kappa shape index (κ2) is 11.9. The van der Waals surface area contributed by atoms with E-state index in [1.54, 1.807) is 0 Å². The zero-order valence-electron chi connectivity index (χ0n) is 27.5. The summed E-state index contributed by atoms with van der Waals surface area (Å²) in [7, 11) is -5.55. The lowest BCUT2D eigenvalue weighted by atomic mass is 10.1. The highest BCUT2D eigenvalue weighted by molar-refractivity contribution is 6.84. The summed E-state index contributed by atoms with van der Waals surface area (Å²) in [5.74, 6) is 0.447. The maximum absolute atomic E-state index is 13.0. The molecule has 242 valence electrons. The number of nitrogens with one attached hydrogen (secondary N) is 2. The van der Waals surface area contributed by atoms with Gasteiger partial charge in [0.1, 0.15) is 12.3 Å². The molecule has 0 aliphatic carbocycles. The van der Waals surface area contributed by atoms with Gasteiger partial charge in [0.05, 0.1) is 12.7 Å². The van der Waals surface area contributed by atoms with Gasteiger partial charge in [0.25, 0.3) is 5.56 Å². The van der Waals surface area contributed by atoms with Crippen LogP contribution in [0.2, 0.25) is 22.2 Å². The Labute approximate surface area is 266 Å². The van der Waals surface area contributed by atoms with Crippen LogP contribution in [0.1, 0.15) is 68.0 Å². The van der Waals surface area contributed by atoms with E-state index >= 15 is 0 Å². The highest BCUT2D eigenvalue weighted by Crippen LogP contribution is 2.48. The molecule has 2 aliphatic heterocycles. The minimum Gasteiger partial charge on any atom is -0.414 e. The van der Waals surface area contributed by atoms with Gasteiger partial charge in [0.15, 0.2) is 11.2 Å². The summed E-state index contributed by atoms with van der Waals surface area (Å²) in [5, 5.41) is 5.65. The van der Waals surface area contributed by atoms with Gasteiger partial charge < -0.3 is 28.8 Å². The first-order chi connectivity index (χ1) is 21.3. The number of aromatic nitrogens is 4. The van der Waals surface area contributed by atoms with E-state index in [9.17, 15) is 4.79 Å². The van der Waals surface area contributed by atoms with Crippen LogP contribution in [-0.2, 0) is 17.7 Å². The number of nitrogens with two attached hydrogens (primary N) is 1. The van der Waals surface area contributed by atoms with Crippen LogP contribution in [0, 0.1) is 0 Å². The molecule has 13 heteroatoms. The summed E-state index contributed by atoms with van der Waals surface area (Å²) < 4.78 is 30.2. The van der Waals surface area contributed by atoms with E-state index in [-0.39, 0.29) is 45.8 Å². The summed E-state index contributed by atoms with van der Waals surface area (Å²) in [4.78, 5) is 24.8. The Morgan fingerprint density at radius 3 is 2.24 bits per heavy atom. The number of imidazole rings is 1. The van der Waals surface area contributed by atoms with E-state index in [0.717, 1.165) is 16.5 Å². The third-order valence-electron chi connectivity index (χ3n) is 9.39.